The molecule has 0 heterocycles. The van der Waals surface area contributed by atoms with Gasteiger partial charge in [0.05, 0.1) is 6.42 Å². The Morgan fingerprint density at radius 2 is 0.955 bits per heavy atom. The lowest BCUT2D eigenvalue weighted by Crippen LogP contribution is -2.62. The van der Waals surface area contributed by atoms with Crippen LogP contribution in [0.2, 0.25) is 0 Å². The van der Waals surface area contributed by atoms with Crippen LogP contribution in [0, 0.1) is 0 Å². The minimum absolute atomic E-state index is 0.119. The third kappa shape index (κ3) is 3.75. The quantitative estimate of drug-likeness (QED) is 0.371. The largest absolute Gasteiger partial charge is 0.378 e. The summed E-state index contributed by atoms with van der Waals surface area (Å²) >= 11 is 0. The van der Waals surface area contributed by atoms with Gasteiger partial charge in [0, 0.05) is 12.8 Å². The Labute approximate surface area is 119 Å². The minimum Gasteiger partial charge on any atom is -0.206 e. The summed E-state index contributed by atoms with van der Waals surface area (Å²) in [7, 11) is 0. The van der Waals surface area contributed by atoms with Crippen molar-refractivity contribution in [1.82, 2.24) is 0 Å². The molecule has 0 aliphatic rings. The predicted octanol–water partition coefficient (Wildman–Crippen LogP) is 5.71. The van der Waals surface area contributed by atoms with Crippen LogP contribution < -0.4 is 0 Å². The Morgan fingerprint density at radius 3 is 1.32 bits per heavy atom. The van der Waals surface area contributed by atoms with E-state index in [2.05, 4.69) is 13.2 Å². The molecule has 0 aromatic heterocycles. The second-order valence-electron chi connectivity index (χ2n) is 4.58. The molecule has 0 atom stereocenters. The smallest absolute Gasteiger partial charge is 0.206 e. The Bertz CT molecular complexity index is 410. The summed E-state index contributed by atoms with van der Waals surface area (Å²) in [5, 5.41) is 0. The Morgan fingerprint density at radius 1 is 0.591 bits per heavy atom. The van der Waals surface area contributed by atoms with Crippen LogP contribution in [0.25, 0.3) is 0 Å². The highest BCUT2D eigenvalue weighted by Crippen LogP contribution is 2.56. The molecule has 0 aliphatic carbocycles. The van der Waals surface area contributed by atoms with E-state index in [1.54, 1.807) is 0 Å². The minimum atomic E-state index is -6.70. The number of allylic oxidation sites excluding steroid dienone is 2. The first-order valence-electron chi connectivity index (χ1n) is 5.69. The Balaban J connectivity index is 5.68. The van der Waals surface area contributed by atoms with Crippen molar-refractivity contribution in [1.29, 1.82) is 0 Å². The summed E-state index contributed by atoms with van der Waals surface area (Å²) in [6, 6.07) is 0. The molecular weight excluding hydrogens is 334 g/mol. The topological polar surface area (TPSA) is 0 Å². The van der Waals surface area contributed by atoms with Crippen molar-refractivity contribution in [3.05, 3.63) is 25.3 Å². The second kappa shape index (κ2) is 6.11. The van der Waals surface area contributed by atoms with Crippen molar-refractivity contribution in [2.45, 2.75) is 48.9 Å². The fourth-order valence-corrected chi connectivity index (χ4v) is 1.49. The van der Waals surface area contributed by atoms with Gasteiger partial charge in [-0.1, -0.05) is 12.2 Å². The number of rotatable bonds is 9. The van der Waals surface area contributed by atoms with E-state index in [-0.39, 0.29) is 6.08 Å². The van der Waals surface area contributed by atoms with E-state index >= 15 is 0 Å². The summed E-state index contributed by atoms with van der Waals surface area (Å²) in [5.74, 6) is -29.4. The highest BCUT2D eigenvalue weighted by molar-refractivity contribution is 5.06. The van der Waals surface area contributed by atoms with E-state index in [0.29, 0.717) is 6.08 Å². The van der Waals surface area contributed by atoms with E-state index in [1.807, 2.05) is 0 Å². The molecule has 0 unspecified atom stereocenters. The molecule has 0 saturated carbocycles. The van der Waals surface area contributed by atoms with Gasteiger partial charge in [-0.3, -0.25) is 0 Å². The van der Waals surface area contributed by atoms with Gasteiger partial charge in [-0.15, -0.1) is 13.2 Å². The molecule has 22 heavy (non-hydrogen) atoms. The average Bonchev–Trinajstić information content (AvgIpc) is 2.26. The van der Waals surface area contributed by atoms with Crippen molar-refractivity contribution in [3.8, 4) is 0 Å². The van der Waals surface area contributed by atoms with Crippen molar-refractivity contribution in [2.24, 2.45) is 0 Å². The SMILES string of the molecule is C=CCC(F)(F)CC(F)(F)C(F)(F)C(F)(F)C(F)(F)CC=C. The first kappa shape index (κ1) is 20.8. The normalized spacial score (nSPS) is 14.8. The number of hydrogen-bond donors (Lipinski definition) is 0. The lowest BCUT2D eigenvalue weighted by atomic mass is 9.92. The van der Waals surface area contributed by atoms with Crippen molar-refractivity contribution in [3.63, 3.8) is 0 Å². The van der Waals surface area contributed by atoms with Crippen LogP contribution in [-0.4, -0.2) is 29.6 Å². The van der Waals surface area contributed by atoms with Crippen molar-refractivity contribution < 1.29 is 43.9 Å². The van der Waals surface area contributed by atoms with Crippen molar-refractivity contribution in [2.75, 3.05) is 0 Å². The first-order chi connectivity index (χ1) is 9.58. The molecule has 0 radical (unpaired) electrons. The van der Waals surface area contributed by atoms with Gasteiger partial charge >= 0.3 is 23.7 Å². The summed E-state index contributed by atoms with van der Waals surface area (Å²) in [5.41, 5.74) is 0. The van der Waals surface area contributed by atoms with Gasteiger partial charge in [0.1, 0.15) is 0 Å². The van der Waals surface area contributed by atoms with Crippen LogP contribution in [0.5, 0.6) is 0 Å². The van der Waals surface area contributed by atoms with Crippen LogP contribution >= 0.6 is 0 Å². The molecule has 130 valence electrons. The molecule has 0 saturated heterocycles. The Hall–Kier alpha value is -1.22. The maximum Gasteiger partial charge on any atom is 0.378 e. The van der Waals surface area contributed by atoms with E-state index < -0.39 is 48.9 Å². The van der Waals surface area contributed by atoms with E-state index in [0.717, 1.165) is 0 Å². The van der Waals surface area contributed by atoms with E-state index in [1.165, 1.54) is 0 Å². The molecular formula is C12H12F10. The van der Waals surface area contributed by atoms with E-state index in [9.17, 15) is 43.9 Å². The number of hydrogen-bond acceptors (Lipinski definition) is 0. The maximum absolute atomic E-state index is 13.2. The monoisotopic (exact) mass is 346 g/mol. The molecule has 0 nitrogen and oxygen atoms in total. The van der Waals surface area contributed by atoms with Gasteiger partial charge in [-0.2, -0.15) is 35.1 Å². The molecule has 0 bridgehead atoms. The third-order valence-electron chi connectivity index (χ3n) is 2.64. The lowest BCUT2D eigenvalue weighted by molar-refractivity contribution is -0.372. The van der Waals surface area contributed by atoms with Gasteiger partial charge in [0.25, 0.3) is 5.92 Å². The summed E-state index contributed by atoms with van der Waals surface area (Å²) in [4.78, 5) is 0. The van der Waals surface area contributed by atoms with Crippen molar-refractivity contribution >= 4 is 0 Å². The van der Waals surface area contributed by atoms with E-state index in [4.69, 9.17) is 0 Å². The third-order valence-corrected chi connectivity index (χ3v) is 2.64. The highest BCUT2D eigenvalue weighted by atomic mass is 19.4. The van der Waals surface area contributed by atoms with Gasteiger partial charge in [0.15, 0.2) is 0 Å². The molecule has 0 fully saturated rings. The van der Waals surface area contributed by atoms with Crippen LogP contribution in [0.15, 0.2) is 25.3 Å². The lowest BCUT2D eigenvalue weighted by Gasteiger charge is -2.37. The standard InChI is InChI=1S/C12H12F10/c1-3-5-8(13,14)7-10(17,18)12(21,22)11(19,20)9(15,16)6-4-2/h3-4H,1-2,5-7H2. The molecule has 0 aliphatic heterocycles. The van der Waals surface area contributed by atoms with Gasteiger partial charge in [-0.25, -0.2) is 8.78 Å². The van der Waals surface area contributed by atoms with Crippen LogP contribution in [0.1, 0.15) is 19.3 Å². The zero-order valence-electron chi connectivity index (χ0n) is 11.0. The average molecular weight is 346 g/mol. The summed E-state index contributed by atoms with van der Waals surface area (Å²) in [6.07, 6.45) is -6.05. The molecule has 0 N–H and O–H groups in total. The van der Waals surface area contributed by atoms with Gasteiger partial charge in [-0.05, 0) is 0 Å². The number of halogens is 10. The summed E-state index contributed by atoms with van der Waals surface area (Å²) in [6.45, 7) is 5.37. The first-order valence-corrected chi connectivity index (χ1v) is 5.69. The van der Waals surface area contributed by atoms with Gasteiger partial charge < -0.3 is 0 Å². The number of alkyl halides is 10. The maximum atomic E-state index is 13.2. The predicted molar refractivity (Wildman–Crippen MR) is 59.0 cm³/mol. The molecule has 10 heteroatoms. The van der Waals surface area contributed by atoms with Gasteiger partial charge in [0.2, 0.25) is 0 Å². The molecule has 0 amide bonds. The Kier molecular flexibility index (Phi) is 5.77. The van der Waals surface area contributed by atoms with Crippen LogP contribution in [-0.2, 0) is 0 Å². The van der Waals surface area contributed by atoms with Crippen LogP contribution in [0.3, 0.4) is 0 Å². The van der Waals surface area contributed by atoms with Crippen LogP contribution in [0.4, 0.5) is 43.9 Å². The molecule has 0 rings (SSSR count). The highest BCUT2D eigenvalue weighted by Gasteiger charge is 2.80. The molecule has 0 aromatic rings. The zero-order valence-corrected chi connectivity index (χ0v) is 11.0. The fourth-order valence-electron chi connectivity index (χ4n) is 1.49. The zero-order chi connectivity index (χ0) is 18.0. The second-order valence-corrected chi connectivity index (χ2v) is 4.58. The molecule has 0 aromatic carbocycles. The summed E-state index contributed by atoms with van der Waals surface area (Å²) < 4.78 is 131. The molecule has 0 spiro atoms. The fraction of sp³-hybridized carbons (Fsp3) is 0.667.